The van der Waals surface area contributed by atoms with Gasteiger partial charge in [-0.1, -0.05) is 96.5 Å². The smallest absolute Gasteiger partial charge is 0.338 e. The van der Waals surface area contributed by atoms with E-state index in [4.69, 9.17) is 37.9 Å². The summed E-state index contributed by atoms with van der Waals surface area (Å²) in [6, 6.07) is 16.6. The topological polar surface area (TPSA) is 368 Å². The molecule has 10 rings (SSSR count). The summed E-state index contributed by atoms with van der Waals surface area (Å²) in [5, 5.41) is 135. The number of benzene rings is 2. The Morgan fingerprint density at radius 2 is 1.12 bits per heavy atom. The van der Waals surface area contributed by atoms with Crippen LogP contribution in [0.5, 0.6) is 0 Å². The third kappa shape index (κ3) is 9.89. The highest BCUT2D eigenvalue weighted by Crippen LogP contribution is 2.76. The van der Waals surface area contributed by atoms with Gasteiger partial charge in [0.2, 0.25) is 0 Å². The number of fused-ring (bicyclic) bond motifs is 7. The van der Waals surface area contributed by atoms with Crippen molar-refractivity contribution in [1.82, 2.24) is 0 Å². The molecule has 3 heterocycles. The Bertz CT molecular complexity index is 2730. The maximum atomic E-state index is 14.3. The number of esters is 2. The van der Waals surface area contributed by atoms with Crippen molar-refractivity contribution in [2.24, 2.45) is 50.2 Å². The molecule has 26 atom stereocenters. The maximum absolute atomic E-state index is 14.3. The van der Waals surface area contributed by atoms with E-state index in [9.17, 15) is 75.7 Å². The summed E-state index contributed by atoms with van der Waals surface area (Å²) in [6.45, 7) is 11.8. The standard InChI is InChI=1S/C61H84O23/c1-56(2)24-31-30-18-19-35-58(5)22-21-36(79-55-45(82-54-41(69)39(67)37(65)32(25-62)77-54)43(42(70)44(81-55)50(73)74)80-53-40(68)38(66)33(26-63)78-53)57(3,4)34(58)20-23-59(35,6)60(30,7)46(71)47(72)61(31,27-64)49(84-52(76)29-16-12-9-13-17-29)48(56)83-51(75)28-14-10-8-11-15-28/h8-18,31-49,53-55,62-72H,19-27H2,1-7H3,(H,73,74)/t31?,32?,33-,34?,35?,36+,37+,38+,39+,40?,41?,42-,43+,44?,45?,46+,47-,48+,49+,53+,54+,55-,58+,59-,60+,61+/m1/s1. The van der Waals surface area contributed by atoms with Gasteiger partial charge in [-0.2, -0.15) is 0 Å². The van der Waals surface area contributed by atoms with Crippen LogP contribution < -0.4 is 0 Å². The number of aliphatic hydroxyl groups excluding tert-OH is 11. The highest BCUT2D eigenvalue weighted by molar-refractivity contribution is 5.90. The van der Waals surface area contributed by atoms with Gasteiger partial charge in [0.1, 0.15) is 67.1 Å². The fraction of sp³-hybridized carbons (Fsp3) is 0.721. The van der Waals surface area contributed by atoms with E-state index in [0.29, 0.717) is 32.1 Å². The molecule has 8 aliphatic rings. The van der Waals surface area contributed by atoms with Gasteiger partial charge < -0.3 is 99.2 Å². The lowest BCUT2D eigenvalue weighted by molar-refractivity contribution is -0.386. The molecule has 3 aliphatic heterocycles. The fourth-order valence-electron chi connectivity index (χ4n) is 17.1. The minimum Gasteiger partial charge on any atom is -0.479 e. The van der Waals surface area contributed by atoms with Crippen LogP contribution in [0.1, 0.15) is 108 Å². The molecule has 23 nitrogen and oxygen atoms in total. The number of carbonyl (C=O) groups excluding carboxylic acids is 2. The monoisotopic (exact) mass is 1180 g/mol. The average Bonchev–Trinajstić information content (AvgIpc) is 0.720. The molecule has 2 aromatic carbocycles. The van der Waals surface area contributed by atoms with Crippen LogP contribution in [-0.2, 0) is 42.7 Å². The van der Waals surface area contributed by atoms with Gasteiger partial charge in [-0.05, 0) is 96.8 Å². The van der Waals surface area contributed by atoms with Crippen LogP contribution in [-0.4, -0.2) is 216 Å². The van der Waals surface area contributed by atoms with Crippen molar-refractivity contribution in [2.75, 3.05) is 19.8 Å². The first-order valence-corrected chi connectivity index (χ1v) is 29.2. The van der Waals surface area contributed by atoms with E-state index in [2.05, 4.69) is 19.9 Å². The second-order valence-electron chi connectivity index (χ2n) is 26.8. The Kier molecular flexibility index (Phi) is 17.3. The molecule has 7 fully saturated rings. The first kappa shape index (κ1) is 62.9. The van der Waals surface area contributed by atoms with Gasteiger partial charge in [-0.25, -0.2) is 14.4 Å². The van der Waals surface area contributed by atoms with Crippen LogP contribution in [0.2, 0.25) is 0 Å². The highest BCUT2D eigenvalue weighted by Gasteiger charge is 2.76. The lowest BCUT2D eigenvalue weighted by Gasteiger charge is -2.73. The number of aliphatic carboxylic acids is 1. The summed E-state index contributed by atoms with van der Waals surface area (Å²) in [7, 11) is 0. The molecule has 4 saturated carbocycles. The van der Waals surface area contributed by atoms with Crippen LogP contribution in [0, 0.1) is 50.2 Å². The van der Waals surface area contributed by atoms with Crippen molar-refractivity contribution in [3.8, 4) is 0 Å². The minimum atomic E-state index is -2.13. The van der Waals surface area contributed by atoms with E-state index in [1.165, 1.54) is 0 Å². The number of carboxylic acid groups (broad SMARTS) is 1. The number of hydrogen-bond donors (Lipinski definition) is 12. The number of aliphatic hydroxyl groups is 11. The summed E-state index contributed by atoms with van der Waals surface area (Å²) in [5.74, 6) is -4.16. The number of rotatable bonds is 14. The summed E-state index contributed by atoms with van der Waals surface area (Å²) >= 11 is 0. The molecule has 466 valence electrons. The third-order valence-corrected chi connectivity index (χ3v) is 21.9. The molecule has 0 amide bonds. The van der Waals surface area contributed by atoms with Gasteiger partial charge in [0.25, 0.3) is 0 Å². The molecular weight excluding hydrogens is 1100 g/mol. The number of allylic oxidation sites excluding steroid dienone is 1. The number of carboxylic acids is 1. The largest absolute Gasteiger partial charge is 0.479 e. The van der Waals surface area contributed by atoms with Gasteiger partial charge >= 0.3 is 17.9 Å². The van der Waals surface area contributed by atoms with Crippen molar-refractivity contribution < 1.29 is 114 Å². The summed E-state index contributed by atoms with van der Waals surface area (Å²) in [6.07, 6.45) is -27.5. The summed E-state index contributed by atoms with van der Waals surface area (Å²) in [5.41, 5.74) is -4.72. The van der Waals surface area contributed by atoms with Crippen LogP contribution >= 0.6 is 0 Å². The Hall–Kier alpha value is -4.09. The first-order valence-electron chi connectivity index (χ1n) is 29.2. The number of carbonyl (C=O) groups is 3. The molecule has 8 unspecified atom stereocenters. The van der Waals surface area contributed by atoms with Crippen LogP contribution in [0.15, 0.2) is 72.3 Å². The highest BCUT2D eigenvalue weighted by atomic mass is 16.8. The van der Waals surface area contributed by atoms with E-state index in [-0.39, 0.29) is 29.4 Å². The lowest BCUT2D eigenvalue weighted by atomic mass is 9.32. The molecule has 0 radical (unpaired) electrons. The van der Waals surface area contributed by atoms with Gasteiger partial charge in [-0.3, -0.25) is 0 Å². The van der Waals surface area contributed by atoms with Gasteiger partial charge in [0.15, 0.2) is 31.1 Å². The van der Waals surface area contributed by atoms with Gasteiger partial charge in [-0.15, -0.1) is 0 Å². The zero-order valence-electron chi connectivity index (χ0n) is 48.3. The first-order chi connectivity index (χ1) is 39.6. The zero-order valence-corrected chi connectivity index (χ0v) is 48.3. The van der Waals surface area contributed by atoms with Gasteiger partial charge in [0.05, 0.1) is 54.7 Å². The van der Waals surface area contributed by atoms with Crippen LogP contribution in [0.4, 0.5) is 0 Å². The van der Waals surface area contributed by atoms with E-state index >= 15 is 0 Å². The van der Waals surface area contributed by atoms with Gasteiger partial charge in [0, 0.05) is 10.8 Å². The van der Waals surface area contributed by atoms with Crippen molar-refractivity contribution in [1.29, 1.82) is 0 Å². The van der Waals surface area contributed by atoms with Crippen molar-refractivity contribution >= 4 is 17.9 Å². The van der Waals surface area contributed by atoms with Crippen molar-refractivity contribution in [3.63, 3.8) is 0 Å². The Morgan fingerprint density at radius 1 is 0.583 bits per heavy atom. The van der Waals surface area contributed by atoms with E-state index < -0.39 is 193 Å². The maximum Gasteiger partial charge on any atom is 0.338 e. The summed E-state index contributed by atoms with van der Waals surface area (Å²) in [4.78, 5) is 41.2. The van der Waals surface area contributed by atoms with E-state index in [1.54, 1.807) is 60.7 Å². The SMILES string of the molecule is CC1(C)CC2C3=CCC4[C@@]5(C)CC[C@H](O[C@@H]6OC(C(=O)O)[C@H](O)[C@H](O[C@@H]7O[C@H](CO)[C@H](O)C7O)C6O[C@@H]6OC(CO)[C@H](O)[C@H](O)C6O)C(C)(C)C5CC[C@@]4(C)[C@]3(C)[C@@H](O)[C@@H](O)[C@@]2(CO)[C@@H](OC(=O)c2ccccc2)[C@@H]1OC(=O)c1ccccc1. The average molecular weight is 1190 g/mol. The molecule has 2 aromatic rings. The van der Waals surface area contributed by atoms with Crippen molar-refractivity contribution in [3.05, 3.63) is 83.4 Å². The third-order valence-electron chi connectivity index (χ3n) is 21.9. The molecule has 12 N–H and O–H groups in total. The normalized spacial score (nSPS) is 46.7. The molecular formula is C61H84O23. The predicted octanol–water partition coefficient (Wildman–Crippen LogP) is 0.958. The number of ether oxygens (including phenoxy) is 8. The molecule has 0 spiro atoms. The van der Waals surface area contributed by atoms with Crippen LogP contribution in [0.25, 0.3) is 0 Å². The number of hydrogen-bond acceptors (Lipinski definition) is 22. The summed E-state index contributed by atoms with van der Waals surface area (Å²) < 4.78 is 49.4. The lowest BCUT2D eigenvalue weighted by Crippen LogP contribution is -2.76. The van der Waals surface area contributed by atoms with Crippen molar-refractivity contribution in [2.45, 2.75) is 204 Å². The second-order valence-corrected chi connectivity index (χ2v) is 26.8. The molecule has 3 saturated heterocycles. The Morgan fingerprint density at radius 3 is 1.67 bits per heavy atom. The van der Waals surface area contributed by atoms with Crippen LogP contribution in [0.3, 0.4) is 0 Å². The Balaban J connectivity index is 0.978. The fourth-order valence-corrected chi connectivity index (χ4v) is 17.1. The molecule has 0 aromatic heterocycles. The minimum absolute atomic E-state index is 0.168. The quantitative estimate of drug-likeness (QED) is 0.0712. The zero-order chi connectivity index (χ0) is 61.0. The Labute approximate surface area is 487 Å². The van der Waals surface area contributed by atoms with E-state index in [1.807, 2.05) is 34.6 Å². The second kappa shape index (κ2) is 23.1. The van der Waals surface area contributed by atoms with E-state index in [0.717, 1.165) is 5.57 Å². The molecule has 0 bridgehead atoms. The molecule has 84 heavy (non-hydrogen) atoms. The molecule has 5 aliphatic carbocycles. The predicted molar refractivity (Wildman–Crippen MR) is 289 cm³/mol. The molecule has 23 heteroatoms.